The average Bonchev–Trinajstić information content (AvgIpc) is 3.11. The summed E-state index contributed by atoms with van der Waals surface area (Å²) in [6, 6.07) is 6.34. The number of ether oxygens (including phenoxy) is 1. The summed E-state index contributed by atoms with van der Waals surface area (Å²) in [5.74, 6) is 2.71. The Morgan fingerprint density at radius 3 is 2.67 bits per heavy atom. The number of nitrogens with zero attached hydrogens (tertiary/aromatic N) is 2. The molecule has 0 radical (unpaired) electrons. The predicted molar refractivity (Wildman–Crippen MR) is 106 cm³/mol. The van der Waals surface area contributed by atoms with Gasteiger partial charge in [0.15, 0.2) is 0 Å². The Balaban J connectivity index is 2.18. The lowest BCUT2D eigenvalue weighted by molar-refractivity contribution is 0.223. The molecule has 0 N–H and O–H groups in total. The van der Waals surface area contributed by atoms with Crippen LogP contribution in [0.5, 0.6) is 5.75 Å². The molecule has 24 heavy (non-hydrogen) atoms. The number of benzene rings is 1. The summed E-state index contributed by atoms with van der Waals surface area (Å²) in [5, 5.41) is 3.07. The second-order valence-electron chi connectivity index (χ2n) is 6.05. The van der Waals surface area contributed by atoms with Gasteiger partial charge in [-0.15, -0.1) is 23.1 Å². The summed E-state index contributed by atoms with van der Waals surface area (Å²) in [4.78, 5) is 8.16. The van der Waals surface area contributed by atoms with Crippen molar-refractivity contribution in [3.05, 3.63) is 29.8 Å². The minimum Gasteiger partial charge on any atom is -0.491 e. The molecule has 1 aromatic heterocycles. The maximum Gasteiger partial charge on any atom is 0.130 e. The molecule has 0 saturated heterocycles. The predicted octanol–water partition coefficient (Wildman–Crippen LogP) is 5.28. The summed E-state index contributed by atoms with van der Waals surface area (Å²) in [5.41, 5.74) is 1.15. The van der Waals surface area contributed by atoms with Crippen molar-refractivity contribution in [1.82, 2.24) is 9.88 Å². The Morgan fingerprint density at radius 2 is 2.04 bits per heavy atom. The molecule has 1 aromatic carbocycles. The quantitative estimate of drug-likeness (QED) is 0.536. The van der Waals surface area contributed by atoms with Crippen LogP contribution in [-0.4, -0.2) is 41.9 Å². The van der Waals surface area contributed by atoms with E-state index >= 15 is 0 Å². The first kappa shape index (κ1) is 19.3. The summed E-state index contributed by atoms with van der Waals surface area (Å²) >= 11 is 3.57. The normalized spacial score (nSPS) is 11.4. The van der Waals surface area contributed by atoms with Crippen LogP contribution in [0.1, 0.15) is 27.7 Å². The van der Waals surface area contributed by atoms with Crippen LogP contribution < -0.4 is 4.74 Å². The minimum absolute atomic E-state index is 0.659. The Hall–Kier alpha value is -1.04. The fourth-order valence-corrected chi connectivity index (χ4v) is 4.18. The zero-order valence-corrected chi connectivity index (χ0v) is 16.8. The summed E-state index contributed by atoms with van der Waals surface area (Å²) < 4.78 is 6.15. The van der Waals surface area contributed by atoms with E-state index in [0.717, 1.165) is 41.7 Å². The van der Waals surface area contributed by atoms with Crippen LogP contribution in [0, 0.1) is 5.92 Å². The molecule has 0 saturated carbocycles. The molecule has 5 heteroatoms. The van der Waals surface area contributed by atoms with Gasteiger partial charge in [-0.2, -0.15) is 0 Å². The van der Waals surface area contributed by atoms with E-state index in [4.69, 9.17) is 4.74 Å². The third kappa shape index (κ3) is 5.50. The molecule has 132 valence electrons. The van der Waals surface area contributed by atoms with Crippen LogP contribution in [0.2, 0.25) is 0 Å². The Morgan fingerprint density at radius 1 is 1.25 bits per heavy atom. The maximum absolute atomic E-state index is 6.15. The highest BCUT2D eigenvalue weighted by Gasteiger charge is 2.15. The van der Waals surface area contributed by atoms with E-state index in [1.165, 1.54) is 4.90 Å². The zero-order valence-electron chi connectivity index (χ0n) is 15.1. The first-order chi connectivity index (χ1) is 11.7. The van der Waals surface area contributed by atoms with Gasteiger partial charge in [-0.05, 0) is 31.1 Å². The van der Waals surface area contributed by atoms with Gasteiger partial charge in [-0.25, -0.2) is 4.98 Å². The third-order valence-corrected chi connectivity index (χ3v) is 6.04. The lowest BCUT2D eigenvalue weighted by Crippen LogP contribution is -2.28. The van der Waals surface area contributed by atoms with Gasteiger partial charge < -0.3 is 9.64 Å². The van der Waals surface area contributed by atoms with Crippen molar-refractivity contribution in [1.29, 1.82) is 0 Å². The van der Waals surface area contributed by atoms with E-state index in [-0.39, 0.29) is 0 Å². The molecule has 0 spiro atoms. The largest absolute Gasteiger partial charge is 0.491 e. The fourth-order valence-electron chi connectivity index (χ4n) is 2.39. The van der Waals surface area contributed by atoms with Gasteiger partial charge >= 0.3 is 0 Å². The van der Waals surface area contributed by atoms with Crippen molar-refractivity contribution in [3.8, 4) is 16.3 Å². The van der Waals surface area contributed by atoms with Crippen molar-refractivity contribution in [2.24, 2.45) is 5.92 Å². The molecular formula is C19H28N2OS2. The van der Waals surface area contributed by atoms with Crippen molar-refractivity contribution in [2.45, 2.75) is 32.6 Å². The van der Waals surface area contributed by atoms with Crippen molar-refractivity contribution in [2.75, 3.05) is 32.0 Å². The molecule has 2 rings (SSSR count). The topological polar surface area (TPSA) is 25.4 Å². The average molecular weight is 365 g/mol. The highest BCUT2D eigenvalue weighted by molar-refractivity contribution is 7.99. The molecular weight excluding hydrogens is 336 g/mol. The first-order valence-electron chi connectivity index (χ1n) is 8.66. The Bertz CT molecular complexity index is 595. The second-order valence-corrected chi connectivity index (χ2v) is 8.00. The Kier molecular flexibility index (Phi) is 8.09. The molecule has 2 aromatic rings. The molecule has 0 aliphatic carbocycles. The molecule has 0 fully saturated rings. The van der Waals surface area contributed by atoms with Crippen LogP contribution in [0.25, 0.3) is 10.6 Å². The highest BCUT2D eigenvalue weighted by atomic mass is 32.2. The monoisotopic (exact) mass is 364 g/mol. The lowest BCUT2D eigenvalue weighted by Gasteiger charge is -2.19. The van der Waals surface area contributed by atoms with Gasteiger partial charge in [0.2, 0.25) is 0 Å². The molecule has 0 bridgehead atoms. The van der Waals surface area contributed by atoms with Gasteiger partial charge in [-0.1, -0.05) is 33.8 Å². The molecule has 0 atom stereocenters. The van der Waals surface area contributed by atoms with Gasteiger partial charge in [-0.3, -0.25) is 0 Å². The van der Waals surface area contributed by atoms with E-state index in [9.17, 15) is 0 Å². The SMILES string of the molecule is CCN(CC)CCOc1cccc(SCC(C)C)c1-c1nccs1. The van der Waals surface area contributed by atoms with Gasteiger partial charge in [0.1, 0.15) is 17.4 Å². The number of thioether (sulfide) groups is 1. The maximum atomic E-state index is 6.15. The molecule has 0 unspecified atom stereocenters. The van der Waals surface area contributed by atoms with Crippen LogP contribution in [0.15, 0.2) is 34.7 Å². The van der Waals surface area contributed by atoms with Crippen molar-refractivity contribution < 1.29 is 4.74 Å². The smallest absolute Gasteiger partial charge is 0.130 e. The standard InChI is InChI=1S/C19H28N2OS2/c1-5-21(6-2)11-12-22-16-8-7-9-17(24-14-15(3)4)18(16)19-20-10-13-23-19/h7-10,13,15H,5-6,11-12,14H2,1-4H3. The first-order valence-corrected chi connectivity index (χ1v) is 10.5. The highest BCUT2D eigenvalue weighted by Crippen LogP contribution is 2.40. The molecule has 0 aliphatic rings. The minimum atomic E-state index is 0.659. The van der Waals surface area contributed by atoms with E-state index in [2.05, 4.69) is 55.8 Å². The second kappa shape index (κ2) is 10.1. The fraction of sp³-hybridized carbons (Fsp3) is 0.526. The number of hydrogen-bond donors (Lipinski definition) is 0. The van der Waals surface area contributed by atoms with Crippen LogP contribution in [0.3, 0.4) is 0 Å². The molecule has 1 heterocycles. The summed E-state index contributed by atoms with van der Waals surface area (Å²) in [6.45, 7) is 12.7. The number of rotatable bonds is 10. The van der Waals surface area contributed by atoms with Crippen LogP contribution in [0.4, 0.5) is 0 Å². The summed E-state index contributed by atoms with van der Waals surface area (Å²) in [7, 11) is 0. The Labute approximate surface area is 154 Å². The van der Waals surface area contributed by atoms with Gasteiger partial charge in [0.25, 0.3) is 0 Å². The van der Waals surface area contributed by atoms with Crippen molar-refractivity contribution >= 4 is 23.1 Å². The van der Waals surface area contributed by atoms with Gasteiger partial charge in [0.05, 0.1) is 5.56 Å². The van der Waals surface area contributed by atoms with Crippen LogP contribution >= 0.6 is 23.1 Å². The zero-order chi connectivity index (χ0) is 17.4. The molecule has 0 amide bonds. The molecule has 3 nitrogen and oxygen atoms in total. The van der Waals surface area contributed by atoms with E-state index in [1.807, 2.05) is 23.3 Å². The lowest BCUT2D eigenvalue weighted by atomic mass is 10.2. The summed E-state index contributed by atoms with van der Waals surface area (Å²) in [6.07, 6.45) is 1.86. The van der Waals surface area contributed by atoms with Gasteiger partial charge in [0, 0.05) is 28.8 Å². The van der Waals surface area contributed by atoms with E-state index in [1.54, 1.807) is 11.3 Å². The number of hydrogen-bond acceptors (Lipinski definition) is 5. The van der Waals surface area contributed by atoms with E-state index < -0.39 is 0 Å². The number of thiazole rings is 1. The molecule has 0 aliphatic heterocycles. The van der Waals surface area contributed by atoms with E-state index in [0.29, 0.717) is 12.5 Å². The number of likely N-dealkylation sites (N-methyl/N-ethyl adjacent to an activating group) is 1. The van der Waals surface area contributed by atoms with Crippen LogP contribution in [-0.2, 0) is 0 Å². The third-order valence-electron chi connectivity index (χ3n) is 3.77. The van der Waals surface area contributed by atoms with Crippen molar-refractivity contribution in [3.63, 3.8) is 0 Å². The number of aromatic nitrogens is 1.